The third-order valence-corrected chi connectivity index (χ3v) is 4.46. The summed E-state index contributed by atoms with van der Waals surface area (Å²) in [5.41, 5.74) is 6.88. The number of nitrogens with one attached hydrogen (secondary N) is 1. The van der Waals surface area contributed by atoms with Gasteiger partial charge in [-0.25, -0.2) is 0 Å². The van der Waals surface area contributed by atoms with Crippen molar-refractivity contribution >= 4 is 23.2 Å². The molecule has 0 bridgehead atoms. The first-order valence-corrected chi connectivity index (χ1v) is 7.60. The summed E-state index contributed by atoms with van der Waals surface area (Å²) in [4.78, 5) is 26.1. The summed E-state index contributed by atoms with van der Waals surface area (Å²) >= 11 is 0. The van der Waals surface area contributed by atoms with Crippen LogP contribution in [0.5, 0.6) is 0 Å². The first-order chi connectivity index (χ1) is 10.1. The van der Waals surface area contributed by atoms with Gasteiger partial charge in [-0.2, -0.15) is 0 Å². The molecule has 5 nitrogen and oxygen atoms in total. The lowest BCUT2D eigenvalue weighted by atomic mass is 9.98. The van der Waals surface area contributed by atoms with Gasteiger partial charge in [-0.1, -0.05) is 25.0 Å². The minimum Gasteiger partial charge on any atom is -0.323 e. The second-order valence-corrected chi connectivity index (χ2v) is 5.98. The summed E-state index contributed by atoms with van der Waals surface area (Å²) < 4.78 is 0. The van der Waals surface area contributed by atoms with Crippen molar-refractivity contribution in [1.29, 1.82) is 0 Å². The lowest BCUT2D eigenvalue weighted by molar-refractivity contribution is -0.121. The molecule has 3 N–H and O–H groups in total. The van der Waals surface area contributed by atoms with Gasteiger partial charge < -0.3 is 16.0 Å². The predicted octanol–water partition coefficient (Wildman–Crippen LogP) is 2.02. The van der Waals surface area contributed by atoms with Crippen molar-refractivity contribution < 1.29 is 9.59 Å². The van der Waals surface area contributed by atoms with Crippen molar-refractivity contribution in [3.05, 3.63) is 24.3 Å². The molecule has 0 spiro atoms. The predicted molar refractivity (Wildman–Crippen MR) is 82.0 cm³/mol. The molecule has 1 aliphatic heterocycles. The maximum Gasteiger partial charge on any atom is 0.244 e. The molecule has 1 saturated carbocycles. The quantitative estimate of drug-likeness (QED) is 0.893. The fraction of sp³-hybridized carbons (Fsp3) is 0.500. The molecular weight excluding hydrogens is 266 g/mol. The number of benzene rings is 1. The molecule has 0 radical (unpaired) electrons. The van der Waals surface area contributed by atoms with Gasteiger partial charge in [0.25, 0.3) is 0 Å². The molecule has 2 aliphatic rings. The first-order valence-electron chi connectivity index (χ1n) is 7.60. The molecule has 1 aromatic carbocycles. The third kappa shape index (κ3) is 2.65. The largest absolute Gasteiger partial charge is 0.323 e. The van der Waals surface area contributed by atoms with Gasteiger partial charge in [-0.15, -0.1) is 0 Å². The van der Waals surface area contributed by atoms with E-state index in [1.807, 2.05) is 24.3 Å². The Kier molecular flexibility index (Phi) is 3.68. The maximum atomic E-state index is 12.4. The second kappa shape index (κ2) is 5.48. The monoisotopic (exact) mass is 287 g/mol. The van der Waals surface area contributed by atoms with E-state index in [0.29, 0.717) is 18.7 Å². The van der Waals surface area contributed by atoms with Crippen molar-refractivity contribution in [2.75, 3.05) is 16.8 Å². The van der Waals surface area contributed by atoms with Crippen LogP contribution in [-0.4, -0.2) is 23.9 Å². The highest BCUT2D eigenvalue weighted by molar-refractivity contribution is 6.04. The van der Waals surface area contributed by atoms with E-state index in [1.165, 1.54) is 0 Å². The van der Waals surface area contributed by atoms with Crippen LogP contribution in [0, 0.1) is 0 Å². The van der Waals surface area contributed by atoms with E-state index in [2.05, 4.69) is 5.32 Å². The molecule has 1 aromatic rings. The van der Waals surface area contributed by atoms with Crippen LogP contribution in [-0.2, 0) is 9.59 Å². The van der Waals surface area contributed by atoms with Gasteiger partial charge in [0.1, 0.15) is 0 Å². The Labute approximate surface area is 124 Å². The summed E-state index contributed by atoms with van der Waals surface area (Å²) in [5, 5.41) is 2.93. The Morgan fingerprint density at radius 3 is 2.57 bits per heavy atom. The number of hydrogen-bond acceptors (Lipinski definition) is 3. The van der Waals surface area contributed by atoms with Gasteiger partial charge in [0.2, 0.25) is 11.8 Å². The SMILES string of the molecule is NC1(C(=O)Nc2ccccc2N2CCCC2=O)CCCC1. The number of amides is 2. The minimum absolute atomic E-state index is 0.111. The topological polar surface area (TPSA) is 75.4 Å². The van der Waals surface area contributed by atoms with E-state index in [4.69, 9.17) is 5.73 Å². The highest BCUT2D eigenvalue weighted by Gasteiger charge is 2.37. The standard InChI is InChI=1S/C16H21N3O2/c17-16(9-3-4-10-16)15(21)18-12-6-1-2-7-13(12)19-11-5-8-14(19)20/h1-2,6-7H,3-5,8-11,17H2,(H,18,21). The lowest BCUT2D eigenvalue weighted by Gasteiger charge is -2.25. The minimum atomic E-state index is -0.762. The number of nitrogens with zero attached hydrogens (tertiary/aromatic N) is 1. The summed E-state index contributed by atoms with van der Waals surface area (Å²) in [7, 11) is 0. The Morgan fingerprint density at radius 2 is 1.90 bits per heavy atom. The summed E-state index contributed by atoms with van der Waals surface area (Å²) in [6.45, 7) is 0.708. The van der Waals surface area contributed by atoms with Gasteiger partial charge in [0.05, 0.1) is 16.9 Å². The van der Waals surface area contributed by atoms with Gasteiger partial charge in [-0.3, -0.25) is 9.59 Å². The Hall–Kier alpha value is -1.88. The van der Waals surface area contributed by atoms with E-state index < -0.39 is 5.54 Å². The molecular formula is C16H21N3O2. The fourth-order valence-electron chi connectivity index (χ4n) is 3.20. The molecule has 5 heteroatoms. The summed E-state index contributed by atoms with van der Waals surface area (Å²) in [6.07, 6.45) is 4.88. The Bertz CT molecular complexity index is 564. The van der Waals surface area contributed by atoms with Gasteiger partial charge in [-0.05, 0) is 31.4 Å². The molecule has 2 fully saturated rings. The van der Waals surface area contributed by atoms with E-state index in [-0.39, 0.29) is 11.8 Å². The number of anilines is 2. The van der Waals surface area contributed by atoms with Crippen LogP contribution in [0.3, 0.4) is 0 Å². The molecule has 0 atom stereocenters. The smallest absolute Gasteiger partial charge is 0.244 e. The van der Waals surface area contributed by atoms with Crippen LogP contribution in [0.2, 0.25) is 0 Å². The molecule has 3 rings (SSSR count). The molecule has 1 saturated heterocycles. The van der Waals surface area contributed by atoms with Crippen molar-refractivity contribution in [2.24, 2.45) is 5.73 Å². The molecule has 21 heavy (non-hydrogen) atoms. The van der Waals surface area contributed by atoms with Crippen LogP contribution < -0.4 is 16.0 Å². The van der Waals surface area contributed by atoms with Crippen molar-refractivity contribution in [1.82, 2.24) is 0 Å². The highest BCUT2D eigenvalue weighted by atomic mass is 16.2. The average Bonchev–Trinajstić information content (AvgIpc) is 3.09. The van der Waals surface area contributed by atoms with Crippen LogP contribution in [0.4, 0.5) is 11.4 Å². The van der Waals surface area contributed by atoms with Crippen LogP contribution in [0.25, 0.3) is 0 Å². The highest BCUT2D eigenvalue weighted by Crippen LogP contribution is 2.32. The number of hydrogen-bond donors (Lipinski definition) is 2. The molecule has 1 aliphatic carbocycles. The molecule has 0 aromatic heterocycles. The Morgan fingerprint density at radius 1 is 1.19 bits per heavy atom. The number of para-hydroxylation sites is 2. The number of carbonyl (C=O) groups excluding carboxylic acids is 2. The zero-order chi connectivity index (χ0) is 14.9. The average molecular weight is 287 g/mol. The van der Waals surface area contributed by atoms with Crippen molar-refractivity contribution in [2.45, 2.75) is 44.1 Å². The van der Waals surface area contributed by atoms with E-state index in [1.54, 1.807) is 4.90 Å². The van der Waals surface area contributed by atoms with E-state index >= 15 is 0 Å². The van der Waals surface area contributed by atoms with Gasteiger partial charge >= 0.3 is 0 Å². The Balaban J connectivity index is 1.82. The zero-order valence-electron chi connectivity index (χ0n) is 12.1. The maximum absolute atomic E-state index is 12.4. The van der Waals surface area contributed by atoms with Gasteiger partial charge in [0, 0.05) is 13.0 Å². The van der Waals surface area contributed by atoms with Crippen molar-refractivity contribution in [3.63, 3.8) is 0 Å². The number of rotatable bonds is 3. The zero-order valence-corrected chi connectivity index (χ0v) is 12.1. The fourth-order valence-corrected chi connectivity index (χ4v) is 3.20. The first kappa shape index (κ1) is 14.1. The summed E-state index contributed by atoms with van der Waals surface area (Å²) in [5.74, 6) is -0.0286. The number of nitrogens with two attached hydrogens (primary N) is 1. The van der Waals surface area contributed by atoms with E-state index in [0.717, 1.165) is 37.8 Å². The van der Waals surface area contributed by atoms with Crippen molar-refractivity contribution in [3.8, 4) is 0 Å². The molecule has 2 amide bonds. The summed E-state index contributed by atoms with van der Waals surface area (Å²) in [6, 6.07) is 7.44. The third-order valence-electron chi connectivity index (χ3n) is 4.46. The van der Waals surface area contributed by atoms with Crippen LogP contribution in [0.15, 0.2) is 24.3 Å². The normalized spacial score (nSPS) is 20.8. The van der Waals surface area contributed by atoms with Crippen LogP contribution in [0.1, 0.15) is 38.5 Å². The molecule has 0 unspecified atom stereocenters. The molecule has 1 heterocycles. The second-order valence-electron chi connectivity index (χ2n) is 5.98. The number of carbonyl (C=O) groups is 2. The van der Waals surface area contributed by atoms with E-state index in [9.17, 15) is 9.59 Å². The van der Waals surface area contributed by atoms with Crippen LogP contribution >= 0.6 is 0 Å². The van der Waals surface area contributed by atoms with Gasteiger partial charge in [0.15, 0.2) is 0 Å². The molecule has 112 valence electrons. The lowest BCUT2D eigenvalue weighted by Crippen LogP contribution is -2.48.